The monoisotopic (exact) mass is 190 g/mol. The molecule has 74 valence electrons. The van der Waals surface area contributed by atoms with Crippen LogP contribution in [0, 0.1) is 6.92 Å². The van der Waals surface area contributed by atoms with Gasteiger partial charge in [0.2, 0.25) is 5.91 Å². The SMILES string of the molecule is Cc1ccncc1C1CC(=O)NC1C. The molecule has 0 spiro atoms. The van der Waals surface area contributed by atoms with Gasteiger partial charge in [0.1, 0.15) is 0 Å². The molecule has 2 rings (SSSR count). The third kappa shape index (κ3) is 1.50. The predicted molar refractivity (Wildman–Crippen MR) is 53.9 cm³/mol. The second-order valence-electron chi connectivity index (χ2n) is 3.90. The Kier molecular flexibility index (Phi) is 2.23. The van der Waals surface area contributed by atoms with Crippen molar-refractivity contribution in [2.75, 3.05) is 0 Å². The summed E-state index contributed by atoms with van der Waals surface area (Å²) in [4.78, 5) is 15.3. The van der Waals surface area contributed by atoms with Crippen molar-refractivity contribution in [2.45, 2.75) is 32.2 Å². The predicted octanol–water partition coefficient (Wildman–Crippen LogP) is 1.38. The number of rotatable bonds is 1. The van der Waals surface area contributed by atoms with Crippen molar-refractivity contribution in [1.82, 2.24) is 10.3 Å². The van der Waals surface area contributed by atoms with Crippen molar-refractivity contribution in [1.29, 1.82) is 0 Å². The molecule has 2 heterocycles. The molecule has 0 saturated carbocycles. The molecule has 1 aromatic heterocycles. The Morgan fingerprint density at radius 2 is 2.36 bits per heavy atom. The van der Waals surface area contributed by atoms with Gasteiger partial charge in [-0.3, -0.25) is 9.78 Å². The van der Waals surface area contributed by atoms with E-state index in [2.05, 4.69) is 17.2 Å². The summed E-state index contributed by atoms with van der Waals surface area (Å²) in [6, 6.07) is 2.22. The number of carbonyl (C=O) groups excluding carboxylic acids is 1. The van der Waals surface area contributed by atoms with Crippen LogP contribution >= 0.6 is 0 Å². The van der Waals surface area contributed by atoms with Gasteiger partial charge < -0.3 is 5.32 Å². The van der Waals surface area contributed by atoms with E-state index in [0.29, 0.717) is 6.42 Å². The normalized spacial score (nSPS) is 26.3. The van der Waals surface area contributed by atoms with Gasteiger partial charge in [0, 0.05) is 30.8 Å². The van der Waals surface area contributed by atoms with E-state index in [9.17, 15) is 4.79 Å². The Labute approximate surface area is 83.5 Å². The molecule has 3 heteroatoms. The lowest BCUT2D eigenvalue weighted by Gasteiger charge is -2.15. The van der Waals surface area contributed by atoms with Crippen LogP contribution in [0.1, 0.15) is 30.4 Å². The first-order chi connectivity index (χ1) is 6.68. The highest BCUT2D eigenvalue weighted by atomic mass is 16.1. The van der Waals surface area contributed by atoms with Crippen LogP contribution in [0.5, 0.6) is 0 Å². The molecule has 14 heavy (non-hydrogen) atoms. The molecule has 2 unspecified atom stereocenters. The van der Waals surface area contributed by atoms with E-state index in [1.165, 1.54) is 11.1 Å². The summed E-state index contributed by atoms with van der Waals surface area (Å²) in [5, 5.41) is 2.93. The number of hydrogen-bond donors (Lipinski definition) is 1. The Hall–Kier alpha value is -1.38. The second-order valence-corrected chi connectivity index (χ2v) is 3.90. The van der Waals surface area contributed by atoms with Crippen LogP contribution < -0.4 is 5.32 Å². The maximum absolute atomic E-state index is 11.2. The van der Waals surface area contributed by atoms with Crippen molar-refractivity contribution in [3.05, 3.63) is 29.6 Å². The summed E-state index contributed by atoms with van der Waals surface area (Å²) in [6.45, 7) is 4.11. The van der Waals surface area contributed by atoms with Crippen molar-refractivity contribution in [2.24, 2.45) is 0 Å². The Balaban J connectivity index is 2.32. The first-order valence-corrected chi connectivity index (χ1v) is 4.88. The van der Waals surface area contributed by atoms with Crippen molar-refractivity contribution in [3.8, 4) is 0 Å². The first kappa shape index (κ1) is 9.19. The number of nitrogens with one attached hydrogen (secondary N) is 1. The lowest BCUT2D eigenvalue weighted by molar-refractivity contribution is -0.119. The minimum absolute atomic E-state index is 0.144. The van der Waals surface area contributed by atoms with E-state index in [1.807, 2.05) is 19.2 Å². The fraction of sp³-hybridized carbons (Fsp3) is 0.455. The molecule has 1 fully saturated rings. The largest absolute Gasteiger partial charge is 0.353 e. The van der Waals surface area contributed by atoms with Gasteiger partial charge in [0.15, 0.2) is 0 Å². The fourth-order valence-electron chi connectivity index (χ4n) is 2.03. The molecule has 3 nitrogen and oxygen atoms in total. The number of carbonyl (C=O) groups is 1. The number of aromatic nitrogens is 1. The van der Waals surface area contributed by atoms with Gasteiger partial charge in [0.25, 0.3) is 0 Å². The van der Waals surface area contributed by atoms with Gasteiger partial charge in [-0.2, -0.15) is 0 Å². The van der Waals surface area contributed by atoms with E-state index in [1.54, 1.807) is 6.20 Å². The van der Waals surface area contributed by atoms with E-state index in [4.69, 9.17) is 0 Å². The Morgan fingerprint density at radius 3 is 2.93 bits per heavy atom. The quantitative estimate of drug-likeness (QED) is 0.727. The highest BCUT2D eigenvalue weighted by molar-refractivity contribution is 5.80. The third-order valence-corrected chi connectivity index (χ3v) is 2.88. The number of amides is 1. The van der Waals surface area contributed by atoms with Crippen molar-refractivity contribution >= 4 is 5.91 Å². The van der Waals surface area contributed by atoms with Crippen LogP contribution in [0.15, 0.2) is 18.5 Å². The zero-order chi connectivity index (χ0) is 10.1. The molecule has 0 radical (unpaired) electrons. The molecule has 1 amide bonds. The van der Waals surface area contributed by atoms with Crippen LogP contribution in [0.4, 0.5) is 0 Å². The summed E-state index contributed by atoms with van der Waals surface area (Å²) < 4.78 is 0. The van der Waals surface area contributed by atoms with Crippen LogP contribution in [0.2, 0.25) is 0 Å². The highest BCUT2D eigenvalue weighted by Crippen LogP contribution is 2.29. The van der Waals surface area contributed by atoms with Crippen LogP contribution in [0.25, 0.3) is 0 Å². The van der Waals surface area contributed by atoms with Gasteiger partial charge in [-0.15, -0.1) is 0 Å². The van der Waals surface area contributed by atoms with Crippen LogP contribution in [0.3, 0.4) is 0 Å². The highest BCUT2D eigenvalue weighted by Gasteiger charge is 2.30. The summed E-state index contributed by atoms with van der Waals surface area (Å²) >= 11 is 0. The molecule has 1 aromatic rings. The van der Waals surface area contributed by atoms with E-state index < -0.39 is 0 Å². The molecule has 1 aliphatic rings. The van der Waals surface area contributed by atoms with E-state index in [0.717, 1.165) is 0 Å². The zero-order valence-corrected chi connectivity index (χ0v) is 8.45. The number of aryl methyl sites for hydroxylation is 1. The molecule has 0 bridgehead atoms. The number of pyridine rings is 1. The summed E-state index contributed by atoms with van der Waals surface area (Å²) in [5.41, 5.74) is 2.41. The smallest absolute Gasteiger partial charge is 0.220 e. The minimum atomic E-state index is 0.144. The fourth-order valence-corrected chi connectivity index (χ4v) is 2.03. The van der Waals surface area contributed by atoms with Gasteiger partial charge >= 0.3 is 0 Å². The van der Waals surface area contributed by atoms with Crippen LogP contribution in [-0.4, -0.2) is 16.9 Å². The Morgan fingerprint density at radius 1 is 1.57 bits per heavy atom. The molecule has 2 atom stereocenters. The summed E-state index contributed by atoms with van der Waals surface area (Å²) in [7, 11) is 0. The van der Waals surface area contributed by atoms with E-state index in [-0.39, 0.29) is 17.9 Å². The number of nitrogens with zero attached hydrogens (tertiary/aromatic N) is 1. The lowest BCUT2D eigenvalue weighted by Crippen LogP contribution is -2.24. The number of hydrogen-bond acceptors (Lipinski definition) is 2. The van der Waals surface area contributed by atoms with E-state index >= 15 is 0 Å². The van der Waals surface area contributed by atoms with Gasteiger partial charge in [-0.05, 0) is 31.0 Å². The molecule has 1 N–H and O–H groups in total. The van der Waals surface area contributed by atoms with Crippen molar-refractivity contribution < 1.29 is 4.79 Å². The van der Waals surface area contributed by atoms with Crippen molar-refractivity contribution in [3.63, 3.8) is 0 Å². The molecular weight excluding hydrogens is 176 g/mol. The molecule has 1 aliphatic heterocycles. The van der Waals surface area contributed by atoms with Gasteiger partial charge in [0.05, 0.1) is 0 Å². The standard InChI is InChI=1S/C11H14N2O/c1-7-3-4-12-6-10(7)9-5-11(14)13-8(9)2/h3-4,6,8-9H,5H2,1-2H3,(H,13,14). The minimum Gasteiger partial charge on any atom is -0.353 e. The first-order valence-electron chi connectivity index (χ1n) is 4.88. The van der Waals surface area contributed by atoms with Gasteiger partial charge in [-0.25, -0.2) is 0 Å². The van der Waals surface area contributed by atoms with Crippen LogP contribution in [-0.2, 0) is 4.79 Å². The summed E-state index contributed by atoms with van der Waals surface area (Å²) in [6.07, 6.45) is 4.25. The molecule has 0 aromatic carbocycles. The maximum atomic E-state index is 11.2. The van der Waals surface area contributed by atoms with Gasteiger partial charge in [-0.1, -0.05) is 0 Å². The molecule has 0 aliphatic carbocycles. The zero-order valence-electron chi connectivity index (χ0n) is 8.45. The topological polar surface area (TPSA) is 42.0 Å². The average Bonchev–Trinajstić information content (AvgIpc) is 2.46. The molecular formula is C11H14N2O. The Bertz CT molecular complexity index is 362. The second kappa shape index (κ2) is 3.40. The maximum Gasteiger partial charge on any atom is 0.220 e. The summed E-state index contributed by atoms with van der Waals surface area (Å²) in [5.74, 6) is 0.432. The average molecular weight is 190 g/mol. The third-order valence-electron chi connectivity index (χ3n) is 2.88. The molecule has 1 saturated heterocycles. The lowest BCUT2D eigenvalue weighted by atomic mass is 9.91.